The largest absolute Gasteiger partial charge is 0.333 e. The Bertz CT molecular complexity index is 2980. The summed E-state index contributed by atoms with van der Waals surface area (Å²) in [7, 11) is 0. The summed E-state index contributed by atoms with van der Waals surface area (Å²) in [6.07, 6.45) is -0.501. The molecule has 283 valence electrons. The van der Waals surface area contributed by atoms with Gasteiger partial charge in [0.25, 0.3) is 0 Å². The van der Waals surface area contributed by atoms with Gasteiger partial charge in [-0.15, -0.1) is 59.7 Å². The van der Waals surface area contributed by atoms with Gasteiger partial charge in [-0.05, 0) is 98.5 Å². The molecule has 0 fully saturated rings. The molecule has 1 radical (unpaired) electrons. The molecule has 9 rings (SSSR count). The monoisotopic (exact) mass is 931 g/mol. The van der Waals surface area contributed by atoms with Crippen molar-refractivity contribution in [1.29, 1.82) is 0 Å². The maximum absolute atomic E-state index is 8.62. The SMILES string of the molecule is CC(C)c1cccc(C(C)C)c1-n1c(-c2[c-]cccc2)nc2ccccc21.[2H]C([2H])([2H])c1cnc(-c2[c-]ccc3c2sc2cc4ccccc4cc23)cc1C([2H])([2H])C(C)C.[Ir]. The molecule has 0 aliphatic carbocycles. The Morgan fingerprint density at radius 3 is 2.16 bits per heavy atom. The third-order valence-corrected chi connectivity index (χ3v) is 11.2. The number of hydrogen-bond donors (Lipinski definition) is 0. The van der Waals surface area contributed by atoms with E-state index in [2.05, 4.69) is 122 Å². The molecule has 3 nitrogen and oxygen atoms in total. The average molecular weight is 931 g/mol. The van der Waals surface area contributed by atoms with Crippen LogP contribution in [0.4, 0.5) is 0 Å². The molecule has 3 aromatic heterocycles. The fourth-order valence-corrected chi connectivity index (χ4v) is 8.61. The second-order valence-corrected chi connectivity index (χ2v) is 16.0. The van der Waals surface area contributed by atoms with Crippen LogP contribution in [0.3, 0.4) is 0 Å². The third-order valence-electron chi connectivity index (χ3n) is 9.98. The molecule has 0 atom stereocenters. The third kappa shape index (κ3) is 7.61. The second-order valence-electron chi connectivity index (χ2n) is 14.9. The van der Waals surface area contributed by atoms with E-state index in [1.807, 2.05) is 42.5 Å². The minimum absolute atomic E-state index is 0. The molecule has 0 aliphatic heterocycles. The van der Waals surface area contributed by atoms with E-state index in [0.29, 0.717) is 17.5 Å². The number of aryl methyl sites for hydroxylation is 1. The molecule has 0 amide bonds. The zero-order valence-corrected chi connectivity index (χ0v) is 35.7. The van der Waals surface area contributed by atoms with Crippen molar-refractivity contribution in [2.75, 3.05) is 0 Å². The summed E-state index contributed by atoms with van der Waals surface area (Å²) in [6, 6.07) is 48.0. The molecule has 0 saturated heterocycles. The van der Waals surface area contributed by atoms with Gasteiger partial charge in [0, 0.05) is 43.5 Å². The van der Waals surface area contributed by atoms with Crippen LogP contribution in [0.15, 0.2) is 128 Å². The normalized spacial score (nSPS) is 13.3. The fraction of sp³-hybridized carbons (Fsp3) is 0.216. The van der Waals surface area contributed by atoms with Gasteiger partial charge in [0.2, 0.25) is 0 Å². The minimum atomic E-state index is -2.45. The quantitative estimate of drug-likeness (QED) is 0.149. The van der Waals surface area contributed by atoms with Crippen molar-refractivity contribution in [1.82, 2.24) is 14.5 Å². The molecule has 0 spiro atoms. The first-order valence-corrected chi connectivity index (χ1v) is 19.8. The number of para-hydroxylation sites is 3. The Morgan fingerprint density at radius 2 is 1.46 bits per heavy atom. The van der Waals surface area contributed by atoms with Crippen molar-refractivity contribution in [3.63, 3.8) is 0 Å². The zero-order chi connectivity index (χ0) is 42.5. The Hall–Kier alpha value is -4.93. The van der Waals surface area contributed by atoms with E-state index in [9.17, 15) is 0 Å². The van der Waals surface area contributed by atoms with Crippen LogP contribution in [-0.2, 0) is 26.5 Å². The van der Waals surface area contributed by atoms with E-state index in [-0.39, 0.29) is 31.2 Å². The first kappa shape index (κ1) is 33.2. The van der Waals surface area contributed by atoms with Crippen LogP contribution < -0.4 is 0 Å². The predicted molar refractivity (Wildman–Crippen MR) is 236 cm³/mol. The minimum Gasteiger partial charge on any atom is -0.333 e. The molecule has 0 aliphatic rings. The number of rotatable bonds is 7. The Labute approximate surface area is 355 Å². The zero-order valence-electron chi connectivity index (χ0n) is 37.4. The molecule has 9 aromatic rings. The molecular formula is C51H47IrN3S-2. The Balaban J connectivity index is 0.000000185. The van der Waals surface area contributed by atoms with Gasteiger partial charge in [-0.1, -0.05) is 113 Å². The molecule has 5 heteroatoms. The van der Waals surface area contributed by atoms with Gasteiger partial charge in [0.15, 0.2) is 0 Å². The van der Waals surface area contributed by atoms with Gasteiger partial charge in [0.1, 0.15) is 0 Å². The number of pyridine rings is 1. The number of imidazole rings is 1. The Morgan fingerprint density at radius 1 is 0.750 bits per heavy atom. The predicted octanol–water partition coefficient (Wildman–Crippen LogP) is 14.3. The molecule has 0 N–H and O–H groups in total. The molecule has 56 heavy (non-hydrogen) atoms. The van der Waals surface area contributed by atoms with Gasteiger partial charge in [0.05, 0.1) is 16.9 Å². The van der Waals surface area contributed by atoms with Crippen molar-refractivity contribution in [2.24, 2.45) is 5.92 Å². The molecule has 6 aromatic carbocycles. The summed E-state index contributed by atoms with van der Waals surface area (Å²) in [5.41, 5.74) is 8.55. The average Bonchev–Trinajstić information content (AvgIpc) is 3.80. The summed E-state index contributed by atoms with van der Waals surface area (Å²) in [5.74, 6) is 1.40. The maximum Gasteiger partial charge on any atom is 0.0774 e. The van der Waals surface area contributed by atoms with Gasteiger partial charge in [-0.25, -0.2) is 0 Å². The number of benzene rings is 6. The van der Waals surface area contributed by atoms with Gasteiger partial charge >= 0.3 is 0 Å². The van der Waals surface area contributed by atoms with Crippen LogP contribution in [-0.4, -0.2) is 14.5 Å². The number of thiophene rings is 1. The van der Waals surface area contributed by atoms with Crippen molar-refractivity contribution in [2.45, 2.75) is 66.6 Å². The summed E-state index contributed by atoms with van der Waals surface area (Å²) >= 11 is 1.65. The van der Waals surface area contributed by atoms with Crippen molar-refractivity contribution < 1.29 is 27.0 Å². The van der Waals surface area contributed by atoms with Crippen LogP contribution in [0.5, 0.6) is 0 Å². The fourth-order valence-electron chi connectivity index (χ4n) is 7.37. The Kier molecular flexibility index (Phi) is 9.89. The van der Waals surface area contributed by atoms with Gasteiger partial charge in [-0.3, -0.25) is 4.98 Å². The smallest absolute Gasteiger partial charge is 0.0774 e. The van der Waals surface area contributed by atoms with Crippen molar-refractivity contribution in [3.05, 3.63) is 162 Å². The van der Waals surface area contributed by atoms with E-state index < -0.39 is 19.1 Å². The van der Waals surface area contributed by atoms with Gasteiger partial charge in [-0.2, -0.15) is 11.3 Å². The summed E-state index contributed by atoms with van der Waals surface area (Å²) in [5, 5.41) is 4.59. The molecule has 0 unspecified atom stereocenters. The topological polar surface area (TPSA) is 30.7 Å². The number of aromatic nitrogens is 3. The molecule has 3 heterocycles. The molecular weight excluding hydrogens is 879 g/mol. The van der Waals surface area contributed by atoms with Crippen LogP contribution in [0.2, 0.25) is 0 Å². The standard InChI is InChI=1S/C26H22NS.C25H25N2.Ir/c1-16(2)11-20-13-24(27-15-17(20)3)22-10-6-9-21-23-12-18-7-4-5-8-19(18)14-25(23)28-26(21)22;1-17(2)20-13-10-14-21(18(3)4)24(20)27-23-16-9-8-15-22(23)26-25(27)19-11-6-5-7-12-19;/h4-9,12-16H,11H2,1-3H3;5-11,13-18H,1-4H3;/q2*-1;/i3D3,11D2;;. The van der Waals surface area contributed by atoms with E-state index in [1.165, 1.54) is 33.8 Å². The van der Waals surface area contributed by atoms with Gasteiger partial charge < -0.3 is 9.55 Å². The summed E-state index contributed by atoms with van der Waals surface area (Å²) in [4.78, 5) is 9.46. The van der Waals surface area contributed by atoms with E-state index in [4.69, 9.17) is 11.8 Å². The first-order valence-electron chi connectivity index (χ1n) is 21.5. The van der Waals surface area contributed by atoms with Crippen LogP contribution >= 0.6 is 11.3 Å². The van der Waals surface area contributed by atoms with Crippen LogP contribution in [0.1, 0.15) is 82.5 Å². The first-order chi connectivity index (χ1) is 28.6. The molecule has 0 saturated carbocycles. The molecule has 0 bridgehead atoms. The maximum atomic E-state index is 8.62. The van der Waals surface area contributed by atoms with Crippen molar-refractivity contribution in [3.8, 4) is 28.3 Å². The second kappa shape index (κ2) is 16.7. The van der Waals surface area contributed by atoms with E-state index in [1.54, 1.807) is 31.3 Å². The summed E-state index contributed by atoms with van der Waals surface area (Å²) in [6.45, 7) is 10.1. The van der Waals surface area contributed by atoms with Crippen molar-refractivity contribution >= 4 is 53.3 Å². The van der Waals surface area contributed by atoms with Crippen LogP contribution in [0.25, 0.3) is 70.3 Å². The number of nitrogens with zero attached hydrogens (tertiary/aromatic N) is 3. The van der Waals surface area contributed by atoms with Crippen LogP contribution in [0, 0.1) is 24.9 Å². The number of hydrogen-bond acceptors (Lipinski definition) is 3. The van der Waals surface area contributed by atoms with E-state index >= 15 is 0 Å². The summed E-state index contributed by atoms with van der Waals surface area (Å²) < 4.78 is 45.5. The van der Waals surface area contributed by atoms with E-state index in [0.717, 1.165) is 48.2 Å². The number of fused-ring (bicyclic) bond motifs is 5.